The topological polar surface area (TPSA) is 71.5 Å². The minimum atomic E-state index is -0.974. The standard InChI is InChI=1S/C13H17BrN2O3/c1-19-5-4-13(2-3-13)8-16-11-10(12(17)18)6-9(14)7-15-11/h6-7H,2-5,8H2,1H3,(H,15,16)(H,17,18). The van der Waals surface area contributed by atoms with Crippen molar-refractivity contribution in [1.82, 2.24) is 4.98 Å². The molecule has 1 aliphatic carbocycles. The summed E-state index contributed by atoms with van der Waals surface area (Å²) in [6.45, 7) is 1.48. The first kappa shape index (κ1) is 14.3. The molecule has 2 rings (SSSR count). The zero-order chi connectivity index (χ0) is 13.9. The number of hydrogen-bond donors (Lipinski definition) is 2. The average molecular weight is 329 g/mol. The maximum absolute atomic E-state index is 11.2. The summed E-state index contributed by atoms with van der Waals surface area (Å²) in [6.07, 6.45) is 4.91. The number of aromatic nitrogens is 1. The van der Waals surface area contributed by atoms with E-state index in [4.69, 9.17) is 9.84 Å². The summed E-state index contributed by atoms with van der Waals surface area (Å²) in [7, 11) is 1.70. The predicted molar refractivity (Wildman–Crippen MR) is 75.5 cm³/mol. The molecule has 1 aliphatic rings. The summed E-state index contributed by atoms with van der Waals surface area (Å²) >= 11 is 3.23. The molecule has 1 aromatic heterocycles. The highest BCUT2D eigenvalue weighted by Gasteiger charge is 2.41. The molecular formula is C13H17BrN2O3. The van der Waals surface area contributed by atoms with Crippen LogP contribution in [0.15, 0.2) is 16.7 Å². The number of rotatable bonds is 7. The molecule has 1 aromatic rings. The third-order valence-electron chi connectivity index (χ3n) is 3.51. The second-order valence-electron chi connectivity index (χ2n) is 4.95. The van der Waals surface area contributed by atoms with Crippen molar-refractivity contribution in [2.45, 2.75) is 19.3 Å². The van der Waals surface area contributed by atoms with Gasteiger partial charge < -0.3 is 15.2 Å². The van der Waals surface area contributed by atoms with E-state index < -0.39 is 5.97 Å². The third-order valence-corrected chi connectivity index (χ3v) is 3.94. The summed E-state index contributed by atoms with van der Waals surface area (Å²) in [4.78, 5) is 15.3. The lowest BCUT2D eigenvalue weighted by atomic mass is 10.0. The normalized spacial score (nSPS) is 16.1. The Bertz CT molecular complexity index is 475. The largest absolute Gasteiger partial charge is 0.478 e. The smallest absolute Gasteiger partial charge is 0.339 e. The Balaban J connectivity index is 2.01. The molecule has 0 saturated heterocycles. The van der Waals surface area contributed by atoms with Crippen LogP contribution in [0.5, 0.6) is 0 Å². The van der Waals surface area contributed by atoms with Crippen LogP contribution in [0.4, 0.5) is 5.82 Å². The van der Waals surface area contributed by atoms with E-state index in [9.17, 15) is 4.79 Å². The van der Waals surface area contributed by atoms with Crippen molar-refractivity contribution < 1.29 is 14.6 Å². The number of pyridine rings is 1. The van der Waals surface area contributed by atoms with Crippen LogP contribution in [0.25, 0.3) is 0 Å². The fraction of sp³-hybridized carbons (Fsp3) is 0.538. The van der Waals surface area contributed by atoms with Crippen molar-refractivity contribution >= 4 is 27.7 Å². The third kappa shape index (κ3) is 3.67. The maximum Gasteiger partial charge on any atom is 0.339 e. The van der Waals surface area contributed by atoms with Gasteiger partial charge in [-0.25, -0.2) is 9.78 Å². The average Bonchev–Trinajstić information content (AvgIpc) is 3.15. The summed E-state index contributed by atoms with van der Waals surface area (Å²) in [5, 5.41) is 12.3. The highest BCUT2D eigenvalue weighted by molar-refractivity contribution is 9.10. The van der Waals surface area contributed by atoms with E-state index in [1.807, 2.05) is 0 Å². The second kappa shape index (κ2) is 5.88. The number of anilines is 1. The zero-order valence-corrected chi connectivity index (χ0v) is 12.4. The first-order chi connectivity index (χ1) is 9.06. The van der Waals surface area contributed by atoms with Crippen molar-refractivity contribution in [1.29, 1.82) is 0 Å². The number of nitrogens with zero attached hydrogens (tertiary/aromatic N) is 1. The molecule has 0 spiro atoms. The molecule has 1 saturated carbocycles. The van der Waals surface area contributed by atoms with E-state index in [0.29, 0.717) is 10.3 Å². The monoisotopic (exact) mass is 328 g/mol. The summed E-state index contributed by atoms with van der Waals surface area (Å²) in [6, 6.07) is 1.56. The minimum absolute atomic E-state index is 0.192. The fourth-order valence-electron chi connectivity index (χ4n) is 2.02. The zero-order valence-electron chi connectivity index (χ0n) is 10.8. The lowest BCUT2D eigenvalue weighted by molar-refractivity contribution is 0.0697. The van der Waals surface area contributed by atoms with Gasteiger partial charge in [-0.05, 0) is 46.7 Å². The highest BCUT2D eigenvalue weighted by atomic mass is 79.9. The van der Waals surface area contributed by atoms with Crippen molar-refractivity contribution in [3.8, 4) is 0 Å². The van der Waals surface area contributed by atoms with Crippen LogP contribution in [0.1, 0.15) is 29.6 Å². The highest BCUT2D eigenvalue weighted by Crippen LogP contribution is 2.48. The maximum atomic E-state index is 11.2. The van der Waals surface area contributed by atoms with E-state index in [-0.39, 0.29) is 11.0 Å². The summed E-state index contributed by atoms with van der Waals surface area (Å²) in [5.74, 6) is -0.544. The Morgan fingerprint density at radius 1 is 1.63 bits per heavy atom. The number of nitrogens with one attached hydrogen (secondary N) is 1. The number of carboxylic acid groups (broad SMARTS) is 1. The van der Waals surface area contributed by atoms with Gasteiger partial charge in [-0.3, -0.25) is 0 Å². The van der Waals surface area contributed by atoms with E-state index >= 15 is 0 Å². The van der Waals surface area contributed by atoms with Crippen LogP contribution in [0, 0.1) is 5.41 Å². The fourth-order valence-corrected chi connectivity index (χ4v) is 2.36. The molecule has 0 bridgehead atoms. The van der Waals surface area contributed by atoms with Crippen molar-refractivity contribution in [3.63, 3.8) is 0 Å². The van der Waals surface area contributed by atoms with Gasteiger partial charge in [0.25, 0.3) is 0 Å². The van der Waals surface area contributed by atoms with Crippen molar-refractivity contribution in [2.24, 2.45) is 5.41 Å². The molecule has 0 radical (unpaired) electrons. The van der Waals surface area contributed by atoms with Gasteiger partial charge in [0.15, 0.2) is 0 Å². The SMILES string of the molecule is COCCC1(CNc2ncc(Br)cc2C(=O)O)CC1. The Labute approximate surface area is 120 Å². The lowest BCUT2D eigenvalue weighted by Crippen LogP contribution is -2.19. The Morgan fingerprint density at radius 3 is 2.95 bits per heavy atom. The molecule has 19 heavy (non-hydrogen) atoms. The van der Waals surface area contributed by atoms with E-state index in [1.165, 1.54) is 0 Å². The summed E-state index contributed by atoms with van der Waals surface area (Å²) in [5.41, 5.74) is 0.442. The van der Waals surface area contributed by atoms with E-state index in [2.05, 4.69) is 26.2 Å². The van der Waals surface area contributed by atoms with Gasteiger partial charge in [0, 0.05) is 30.9 Å². The molecule has 1 heterocycles. The molecule has 0 aliphatic heterocycles. The molecule has 104 valence electrons. The van der Waals surface area contributed by atoms with Crippen LogP contribution in [-0.4, -0.2) is 36.3 Å². The molecule has 0 unspecified atom stereocenters. The van der Waals surface area contributed by atoms with Gasteiger partial charge in [-0.2, -0.15) is 0 Å². The quantitative estimate of drug-likeness (QED) is 0.805. The van der Waals surface area contributed by atoms with Crippen molar-refractivity contribution in [3.05, 3.63) is 22.3 Å². The number of hydrogen-bond acceptors (Lipinski definition) is 4. The lowest BCUT2D eigenvalue weighted by Gasteiger charge is -2.16. The molecule has 5 nitrogen and oxygen atoms in total. The first-order valence-corrected chi connectivity index (χ1v) is 6.97. The van der Waals surface area contributed by atoms with E-state index in [1.54, 1.807) is 19.4 Å². The van der Waals surface area contributed by atoms with E-state index in [0.717, 1.165) is 32.4 Å². The predicted octanol–water partition coefficient (Wildman–Crippen LogP) is 2.77. The van der Waals surface area contributed by atoms with Crippen LogP contribution in [0.2, 0.25) is 0 Å². The second-order valence-corrected chi connectivity index (χ2v) is 5.87. The molecule has 2 N–H and O–H groups in total. The van der Waals surface area contributed by atoms with Gasteiger partial charge in [0.05, 0.1) is 0 Å². The number of halogens is 1. The van der Waals surface area contributed by atoms with Gasteiger partial charge in [0.2, 0.25) is 0 Å². The summed E-state index contributed by atoms with van der Waals surface area (Å²) < 4.78 is 5.77. The molecule has 1 fully saturated rings. The number of methoxy groups -OCH3 is 1. The molecule has 0 atom stereocenters. The van der Waals surface area contributed by atoms with Crippen molar-refractivity contribution in [2.75, 3.05) is 25.6 Å². The molecule has 0 aromatic carbocycles. The molecular weight excluding hydrogens is 312 g/mol. The van der Waals surface area contributed by atoms with Crippen LogP contribution < -0.4 is 5.32 Å². The van der Waals surface area contributed by atoms with Gasteiger partial charge in [-0.15, -0.1) is 0 Å². The Morgan fingerprint density at radius 2 is 2.37 bits per heavy atom. The Kier molecular flexibility index (Phi) is 4.42. The first-order valence-electron chi connectivity index (χ1n) is 6.18. The number of ether oxygens (including phenoxy) is 1. The molecule has 6 heteroatoms. The van der Waals surface area contributed by atoms with Crippen LogP contribution in [-0.2, 0) is 4.74 Å². The minimum Gasteiger partial charge on any atom is -0.478 e. The van der Waals surface area contributed by atoms with Crippen LogP contribution in [0.3, 0.4) is 0 Å². The number of aromatic carboxylic acids is 1. The van der Waals surface area contributed by atoms with Gasteiger partial charge >= 0.3 is 5.97 Å². The number of carbonyl (C=O) groups is 1. The molecule has 0 amide bonds. The number of carboxylic acids is 1. The van der Waals surface area contributed by atoms with Crippen LogP contribution >= 0.6 is 15.9 Å². The Hall–Kier alpha value is -1.14. The van der Waals surface area contributed by atoms with Gasteiger partial charge in [0.1, 0.15) is 11.4 Å². The van der Waals surface area contributed by atoms with Gasteiger partial charge in [-0.1, -0.05) is 0 Å².